The smallest absolute Gasteiger partial charge is 0.128 e. The molecular formula is C17H29N3O. The van der Waals surface area contributed by atoms with Crippen LogP contribution in [0.1, 0.15) is 43.9 Å². The van der Waals surface area contributed by atoms with Gasteiger partial charge in [0.05, 0.1) is 0 Å². The van der Waals surface area contributed by atoms with E-state index in [1.54, 1.807) is 0 Å². The van der Waals surface area contributed by atoms with Crippen LogP contribution in [0.5, 0.6) is 0 Å². The number of nitrogens with zero attached hydrogens (tertiary/aromatic N) is 2. The zero-order valence-electron chi connectivity index (χ0n) is 13.9. The van der Waals surface area contributed by atoms with Gasteiger partial charge in [-0.3, -0.25) is 0 Å². The fourth-order valence-electron chi connectivity index (χ4n) is 2.80. The lowest BCUT2D eigenvalue weighted by Crippen LogP contribution is -2.30. The summed E-state index contributed by atoms with van der Waals surface area (Å²) < 4.78 is 5.45. The Morgan fingerprint density at radius 2 is 2.05 bits per heavy atom. The molecule has 1 fully saturated rings. The van der Waals surface area contributed by atoms with E-state index < -0.39 is 0 Å². The molecule has 0 radical (unpaired) electrons. The summed E-state index contributed by atoms with van der Waals surface area (Å²) in [6.07, 6.45) is 2.33. The molecule has 1 aliphatic rings. The molecule has 2 rings (SSSR count). The van der Waals surface area contributed by atoms with E-state index in [9.17, 15) is 0 Å². The number of rotatable bonds is 6. The van der Waals surface area contributed by atoms with E-state index in [2.05, 4.69) is 43.2 Å². The van der Waals surface area contributed by atoms with E-state index in [4.69, 9.17) is 9.72 Å². The van der Waals surface area contributed by atoms with Gasteiger partial charge in [0.15, 0.2) is 0 Å². The van der Waals surface area contributed by atoms with Crippen LogP contribution in [-0.4, -0.2) is 38.8 Å². The van der Waals surface area contributed by atoms with Crippen molar-refractivity contribution in [2.24, 2.45) is 5.92 Å². The molecule has 0 aromatic carbocycles. The van der Waals surface area contributed by atoms with Crippen LogP contribution < -0.4 is 10.2 Å². The highest BCUT2D eigenvalue weighted by molar-refractivity contribution is 5.42. The Bertz CT molecular complexity index is 442. The number of nitrogens with one attached hydrogen (secondary N) is 1. The Hall–Kier alpha value is -1.13. The van der Waals surface area contributed by atoms with Gasteiger partial charge >= 0.3 is 0 Å². The van der Waals surface area contributed by atoms with Gasteiger partial charge in [-0.2, -0.15) is 0 Å². The van der Waals surface area contributed by atoms with Crippen LogP contribution in [0.2, 0.25) is 0 Å². The molecule has 0 unspecified atom stereocenters. The Morgan fingerprint density at radius 3 is 2.67 bits per heavy atom. The summed E-state index contributed by atoms with van der Waals surface area (Å²) in [5.41, 5.74) is 2.49. The molecule has 0 spiro atoms. The summed E-state index contributed by atoms with van der Waals surface area (Å²) in [4.78, 5) is 7.15. The summed E-state index contributed by atoms with van der Waals surface area (Å²) in [7, 11) is 4.14. The lowest BCUT2D eigenvalue weighted by atomic mass is 10.00. The third kappa shape index (κ3) is 4.68. The normalized spacial score (nSPS) is 16.4. The first-order chi connectivity index (χ1) is 10.1. The van der Waals surface area contributed by atoms with Crippen LogP contribution in [0.15, 0.2) is 12.1 Å². The van der Waals surface area contributed by atoms with Gasteiger partial charge < -0.3 is 15.0 Å². The fraction of sp³-hybridized carbons (Fsp3) is 0.706. The minimum absolute atomic E-state index is 0.456. The second-order valence-electron chi connectivity index (χ2n) is 6.38. The maximum absolute atomic E-state index is 5.45. The second-order valence-corrected chi connectivity index (χ2v) is 6.38. The summed E-state index contributed by atoms with van der Waals surface area (Å²) in [6, 6.07) is 4.43. The largest absolute Gasteiger partial charge is 0.381 e. The van der Waals surface area contributed by atoms with Crippen molar-refractivity contribution < 1.29 is 4.74 Å². The van der Waals surface area contributed by atoms with Gasteiger partial charge in [0.25, 0.3) is 0 Å². The van der Waals surface area contributed by atoms with Gasteiger partial charge in [-0.25, -0.2) is 4.98 Å². The summed E-state index contributed by atoms with van der Waals surface area (Å²) >= 11 is 0. The highest BCUT2D eigenvalue weighted by Gasteiger charge is 2.17. The quantitative estimate of drug-likeness (QED) is 0.874. The zero-order chi connectivity index (χ0) is 15.2. The van der Waals surface area contributed by atoms with E-state index in [0.717, 1.165) is 50.9 Å². The predicted octanol–water partition coefficient (Wildman–Crippen LogP) is 2.79. The van der Waals surface area contributed by atoms with Crippen molar-refractivity contribution in [1.82, 2.24) is 10.3 Å². The first kappa shape index (κ1) is 16.2. The van der Waals surface area contributed by atoms with Gasteiger partial charge in [0.1, 0.15) is 5.82 Å². The summed E-state index contributed by atoms with van der Waals surface area (Å²) in [5, 5.41) is 3.23. The first-order valence-electron chi connectivity index (χ1n) is 8.04. The minimum Gasteiger partial charge on any atom is -0.381 e. The molecule has 0 amide bonds. The molecule has 1 saturated heterocycles. The van der Waals surface area contributed by atoms with Crippen molar-refractivity contribution in [2.45, 2.75) is 39.2 Å². The van der Waals surface area contributed by atoms with Crippen molar-refractivity contribution in [3.05, 3.63) is 23.4 Å². The Morgan fingerprint density at radius 1 is 1.33 bits per heavy atom. The fourth-order valence-corrected chi connectivity index (χ4v) is 2.80. The zero-order valence-corrected chi connectivity index (χ0v) is 13.9. The van der Waals surface area contributed by atoms with Crippen LogP contribution in [0.3, 0.4) is 0 Å². The van der Waals surface area contributed by atoms with E-state index in [0.29, 0.717) is 5.92 Å². The highest BCUT2D eigenvalue weighted by Crippen LogP contribution is 2.22. The molecule has 118 valence electrons. The van der Waals surface area contributed by atoms with Gasteiger partial charge in [0, 0.05) is 39.0 Å². The van der Waals surface area contributed by atoms with Gasteiger partial charge in [-0.15, -0.1) is 0 Å². The minimum atomic E-state index is 0.456. The van der Waals surface area contributed by atoms with Crippen molar-refractivity contribution in [2.75, 3.05) is 38.8 Å². The molecule has 0 aliphatic carbocycles. The van der Waals surface area contributed by atoms with Gasteiger partial charge in [-0.05, 0) is 49.4 Å². The Kier molecular flexibility index (Phi) is 6.00. The van der Waals surface area contributed by atoms with Gasteiger partial charge in [0.2, 0.25) is 0 Å². The van der Waals surface area contributed by atoms with Crippen molar-refractivity contribution in [1.29, 1.82) is 0 Å². The van der Waals surface area contributed by atoms with Crippen LogP contribution in [-0.2, 0) is 11.3 Å². The number of hydrogen-bond acceptors (Lipinski definition) is 4. The Labute approximate surface area is 128 Å². The molecule has 1 aromatic heterocycles. The second kappa shape index (κ2) is 7.76. The van der Waals surface area contributed by atoms with Crippen LogP contribution in [0.25, 0.3) is 0 Å². The molecule has 21 heavy (non-hydrogen) atoms. The molecule has 1 N–H and O–H groups in total. The average Bonchev–Trinajstić information content (AvgIpc) is 2.48. The maximum Gasteiger partial charge on any atom is 0.128 e. The average molecular weight is 291 g/mol. The molecule has 0 atom stereocenters. The number of pyridine rings is 1. The lowest BCUT2D eigenvalue weighted by molar-refractivity contribution is 0.0685. The molecule has 1 aliphatic heterocycles. The highest BCUT2D eigenvalue weighted by atomic mass is 16.5. The summed E-state index contributed by atoms with van der Waals surface area (Å²) in [5.74, 6) is 2.27. The predicted molar refractivity (Wildman–Crippen MR) is 87.9 cm³/mol. The monoisotopic (exact) mass is 291 g/mol. The van der Waals surface area contributed by atoms with Crippen molar-refractivity contribution in [3.8, 4) is 0 Å². The molecule has 0 bridgehead atoms. The summed E-state index contributed by atoms with van der Waals surface area (Å²) in [6.45, 7) is 8.17. The van der Waals surface area contributed by atoms with E-state index in [1.165, 1.54) is 11.3 Å². The molecule has 0 saturated carbocycles. The third-order valence-electron chi connectivity index (χ3n) is 4.13. The molecule has 2 heterocycles. The molecule has 1 aromatic rings. The SMILES string of the molecule is CNCc1cc(C(C)C)nc(N(C)CC2CCOCC2)c1. The third-order valence-corrected chi connectivity index (χ3v) is 4.13. The van der Waals surface area contributed by atoms with Crippen LogP contribution in [0.4, 0.5) is 5.82 Å². The lowest BCUT2D eigenvalue weighted by Gasteiger charge is -2.28. The standard InChI is InChI=1S/C17H29N3O/c1-13(2)16-9-15(11-18-3)10-17(19-16)20(4)12-14-5-7-21-8-6-14/h9-10,13-14,18H,5-8,11-12H2,1-4H3. The van der Waals surface area contributed by atoms with E-state index in [1.807, 2.05) is 7.05 Å². The van der Waals surface area contributed by atoms with Crippen LogP contribution in [0, 0.1) is 5.92 Å². The van der Waals surface area contributed by atoms with Crippen molar-refractivity contribution >= 4 is 5.82 Å². The van der Waals surface area contributed by atoms with E-state index >= 15 is 0 Å². The Balaban J connectivity index is 2.12. The van der Waals surface area contributed by atoms with Crippen molar-refractivity contribution in [3.63, 3.8) is 0 Å². The first-order valence-corrected chi connectivity index (χ1v) is 8.04. The number of hydrogen-bond donors (Lipinski definition) is 1. The number of ether oxygens (including phenoxy) is 1. The maximum atomic E-state index is 5.45. The van der Waals surface area contributed by atoms with E-state index in [-0.39, 0.29) is 0 Å². The van der Waals surface area contributed by atoms with Crippen LogP contribution >= 0.6 is 0 Å². The topological polar surface area (TPSA) is 37.4 Å². The molecule has 4 nitrogen and oxygen atoms in total. The molecule has 4 heteroatoms. The molecular weight excluding hydrogens is 262 g/mol. The van der Waals surface area contributed by atoms with Gasteiger partial charge in [-0.1, -0.05) is 13.8 Å². The number of aromatic nitrogens is 1. The number of anilines is 1.